The second-order valence-corrected chi connectivity index (χ2v) is 7.13. The van der Waals surface area contributed by atoms with Crippen molar-refractivity contribution in [2.24, 2.45) is 0 Å². The molecular formula is C20H23N5. The molecule has 1 aliphatic heterocycles. The van der Waals surface area contributed by atoms with E-state index in [4.69, 9.17) is 0 Å². The maximum Gasteiger partial charge on any atom is 0.243 e. The van der Waals surface area contributed by atoms with Crippen LogP contribution in [0, 0.1) is 6.92 Å². The first kappa shape index (κ1) is 15.8. The Kier molecular flexibility index (Phi) is 3.99. The van der Waals surface area contributed by atoms with Crippen LogP contribution in [0.2, 0.25) is 0 Å². The van der Waals surface area contributed by atoms with E-state index in [-0.39, 0.29) is 12.1 Å². The molecule has 25 heavy (non-hydrogen) atoms. The normalized spacial score (nSPS) is 19.5. The van der Waals surface area contributed by atoms with E-state index in [1.165, 1.54) is 22.3 Å². The Hall–Kier alpha value is -2.69. The van der Waals surface area contributed by atoms with Crippen molar-refractivity contribution in [3.05, 3.63) is 70.8 Å². The van der Waals surface area contributed by atoms with Crippen LogP contribution in [-0.2, 0) is 0 Å². The van der Waals surface area contributed by atoms with E-state index < -0.39 is 0 Å². The summed E-state index contributed by atoms with van der Waals surface area (Å²) in [6, 6.07) is 17.9. The van der Waals surface area contributed by atoms with Crippen LogP contribution in [0.15, 0.2) is 48.5 Å². The summed E-state index contributed by atoms with van der Waals surface area (Å²) in [4.78, 5) is 0. The van der Waals surface area contributed by atoms with Gasteiger partial charge in [0.1, 0.15) is 0 Å². The van der Waals surface area contributed by atoms with Gasteiger partial charge in [-0.3, -0.25) is 0 Å². The maximum atomic E-state index is 4.20. The van der Waals surface area contributed by atoms with Crippen LogP contribution in [0.3, 0.4) is 0 Å². The Morgan fingerprint density at radius 3 is 2.36 bits per heavy atom. The van der Waals surface area contributed by atoms with Crippen LogP contribution in [-0.4, -0.2) is 20.2 Å². The highest BCUT2D eigenvalue weighted by Crippen LogP contribution is 2.37. The van der Waals surface area contributed by atoms with Crippen molar-refractivity contribution < 1.29 is 0 Å². The van der Waals surface area contributed by atoms with Gasteiger partial charge in [0.15, 0.2) is 0 Å². The summed E-state index contributed by atoms with van der Waals surface area (Å²) >= 11 is 0. The van der Waals surface area contributed by atoms with E-state index in [0.717, 1.165) is 12.4 Å². The lowest BCUT2D eigenvalue weighted by atomic mass is 9.91. The highest BCUT2D eigenvalue weighted by molar-refractivity contribution is 5.38. The molecule has 0 amide bonds. The van der Waals surface area contributed by atoms with Crippen molar-refractivity contribution in [2.45, 2.75) is 45.2 Å². The first-order chi connectivity index (χ1) is 12.1. The van der Waals surface area contributed by atoms with Crippen LogP contribution in [0.25, 0.3) is 0 Å². The predicted molar refractivity (Wildman–Crippen MR) is 98.6 cm³/mol. The molecule has 4 rings (SSSR count). The molecule has 3 aromatic rings. The topological polar surface area (TPSA) is 55.6 Å². The fourth-order valence-electron chi connectivity index (χ4n) is 3.43. The summed E-state index contributed by atoms with van der Waals surface area (Å²) in [7, 11) is 0. The number of hydrogen-bond donors (Lipinski definition) is 1. The van der Waals surface area contributed by atoms with Gasteiger partial charge in [-0.15, -0.1) is 0 Å². The Morgan fingerprint density at radius 2 is 1.68 bits per heavy atom. The van der Waals surface area contributed by atoms with Crippen LogP contribution < -0.4 is 5.32 Å². The second-order valence-electron chi connectivity index (χ2n) is 7.13. The van der Waals surface area contributed by atoms with Crippen LogP contribution in [0.1, 0.15) is 60.5 Å². The number of hydrogen-bond acceptors (Lipinski definition) is 4. The Morgan fingerprint density at radius 1 is 1.00 bits per heavy atom. The zero-order valence-electron chi connectivity index (χ0n) is 14.8. The largest absolute Gasteiger partial charge is 0.346 e. The Labute approximate surface area is 148 Å². The first-order valence-electron chi connectivity index (χ1n) is 8.82. The first-order valence-corrected chi connectivity index (χ1v) is 8.82. The molecule has 1 aromatic heterocycles. The van der Waals surface area contributed by atoms with Gasteiger partial charge in [-0.1, -0.05) is 73.0 Å². The van der Waals surface area contributed by atoms with E-state index in [2.05, 4.69) is 90.1 Å². The van der Waals surface area contributed by atoms with Crippen molar-refractivity contribution in [3.8, 4) is 0 Å². The number of aryl methyl sites for hydroxylation is 1. The molecule has 0 saturated carbocycles. The molecule has 1 N–H and O–H groups in total. The minimum absolute atomic E-state index is 0.140. The molecule has 128 valence electrons. The molecule has 1 aliphatic rings. The highest BCUT2D eigenvalue weighted by atomic mass is 15.6. The van der Waals surface area contributed by atoms with Gasteiger partial charge in [0.05, 0.1) is 12.1 Å². The molecule has 2 atom stereocenters. The number of nitrogens with one attached hydrogen (secondary N) is 1. The molecule has 2 aromatic carbocycles. The average molecular weight is 333 g/mol. The van der Waals surface area contributed by atoms with Crippen LogP contribution in [0.4, 0.5) is 5.95 Å². The highest BCUT2D eigenvalue weighted by Gasteiger charge is 2.30. The number of tetrazole rings is 1. The van der Waals surface area contributed by atoms with Gasteiger partial charge in [0.2, 0.25) is 5.95 Å². The van der Waals surface area contributed by atoms with Crippen molar-refractivity contribution >= 4 is 5.95 Å². The van der Waals surface area contributed by atoms with E-state index in [1.807, 2.05) is 4.68 Å². The number of benzene rings is 2. The van der Waals surface area contributed by atoms with Crippen molar-refractivity contribution in [1.82, 2.24) is 20.2 Å². The molecule has 0 bridgehead atoms. The van der Waals surface area contributed by atoms with Gasteiger partial charge >= 0.3 is 0 Å². The molecule has 2 unspecified atom stereocenters. The van der Waals surface area contributed by atoms with Gasteiger partial charge in [-0.2, -0.15) is 0 Å². The van der Waals surface area contributed by atoms with Crippen LogP contribution >= 0.6 is 0 Å². The predicted octanol–water partition coefficient (Wildman–Crippen LogP) is 4.25. The summed E-state index contributed by atoms with van der Waals surface area (Å²) in [5.41, 5.74) is 5.13. The molecule has 0 saturated heterocycles. The minimum Gasteiger partial charge on any atom is -0.346 e. The third kappa shape index (κ3) is 3.02. The smallest absolute Gasteiger partial charge is 0.243 e. The molecular weight excluding hydrogens is 310 g/mol. The number of anilines is 1. The zero-order chi connectivity index (χ0) is 17.4. The van der Waals surface area contributed by atoms with Crippen molar-refractivity contribution in [3.63, 3.8) is 0 Å². The maximum absolute atomic E-state index is 4.20. The Bertz CT molecular complexity index is 849. The standard InChI is InChI=1S/C20H23N5/c1-13(2)15-8-10-16(11-9-15)18-12-19(17-6-4-14(3)5-7-17)25-20(21-18)22-23-24-25/h4-11,13,18-19H,12H2,1-3H3,(H,21,22,24). The average Bonchev–Trinajstić information content (AvgIpc) is 3.10. The number of fused-ring (bicyclic) bond motifs is 1. The zero-order valence-corrected chi connectivity index (χ0v) is 14.8. The lowest BCUT2D eigenvalue weighted by Gasteiger charge is -2.31. The summed E-state index contributed by atoms with van der Waals surface area (Å²) in [5.74, 6) is 1.27. The molecule has 2 heterocycles. The van der Waals surface area contributed by atoms with E-state index in [9.17, 15) is 0 Å². The van der Waals surface area contributed by atoms with Gasteiger partial charge in [-0.05, 0) is 46.4 Å². The van der Waals surface area contributed by atoms with Crippen LogP contribution in [0.5, 0.6) is 0 Å². The minimum atomic E-state index is 0.140. The lowest BCUT2D eigenvalue weighted by molar-refractivity contribution is 0.423. The van der Waals surface area contributed by atoms with Crippen molar-refractivity contribution in [2.75, 3.05) is 5.32 Å². The molecule has 5 nitrogen and oxygen atoms in total. The number of nitrogens with zero attached hydrogens (tertiary/aromatic N) is 4. The third-order valence-electron chi connectivity index (χ3n) is 5.02. The van der Waals surface area contributed by atoms with Gasteiger partial charge in [0, 0.05) is 0 Å². The summed E-state index contributed by atoms with van der Waals surface area (Å²) in [5, 5.41) is 15.7. The SMILES string of the molecule is Cc1ccc(C2CC(c3ccc(C(C)C)cc3)Nc3nnnn32)cc1. The second kappa shape index (κ2) is 6.31. The molecule has 0 fully saturated rings. The lowest BCUT2D eigenvalue weighted by Crippen LogP contribution is -2.28. The summed E-state index contributed by atoms with van der Waals surface area (Å²) < 4.78 is 1.89. The van der Waals surface area contributed by atoms with Crippen molar-refractivity contribution in [1.29, 1.82) is 0 Å². The molecule has 0 spiro atoms. The van der Waals surface area contributed by atoms with Gasteiger partial charge < -0.3 is 5.32 Å². The molecule has 5 heteroatoms. The van der Waals surface area contributed by atoms with Gasteiger partial charge in [-0.25, -0.2) is 4.68 Å². The van der Waals surface area contributed by atoms with E-state index in [0.29, 0.717) is 5.92 Å². The fraction of sp³-hybridized carbons (Fsp3) is 0.350. The Balaban J connectivity index is 1.67. The van der Waals surface area contributed by atoms with E-state index >= 15 is 0 Å². The monoisotopic (exact) mass is 333 g/mol. The van der Waals surface area contributed by atoms with Gasteiger partial charge in [0.25, 0.3) is 0 Å². The summed E-state index contributed by atoms with van der Waals surface area (Å²) in [6.07, 6.45) is 0.919. The molecule has 0 radical (unpaired) electrons. The number of rotatable bonds is 3. The number of aromatic nitrogens is 4. The summed E-state index contributed by atoms with van der Waals surface area (Å²) in [6.45, 7) is 6.54. The van der Waals surface area contributed by atoms with E-state index in [1.54, 1.807) is 0 Å². The fourth-order valence-corrected chi connectivity index (χ4v) is 3.43. The molecule has 0 aliphatic carbocycles. The third-order valence-corrected chi connectivity index (χ3v) is 5.02. The quantitative estimate of drug-likeness (QED) is 0.778.